The second-order valence-electron chi connectivity index (χ2n) is 7.14. The molecule has 1 heterocycles. The highest BCUT2D eigenvalue weighted by molar-refractivity contribution is 4.97. The van der Waals surface area contributed by atoms with E-state index in [1.807, 2.05) is 7.05 Å². The lowest BCUT2D eigenvalue weighted by atomic mass is 9.70. The maximum atomic E-state index is 5.90. The first-order valence-electron chi connectivity index (χ1n) is 7.96. The number of hydrogen-bond donors (Lipinski definition) is 1. The van der Waals surface area contributed by atoms with Crippen molar-refractivity contribution in [1.29, 1.82) is 0 Å². The maximum absolute atomic E-state index is 5.90. The van der Waals surface area contributed by atoms with Gasteiger partial charge in [-0.2, -0.15) is 0 Å². The van der Waals surface area contributed by atoms with E-state index in [1.54, 1.807) is 0 Å². The number of nitrogens with zero attached hydrogens (tertiary/aromatic N) is 2. The molecule has 1 fully saturated rings. The first kappa shape index (κ1) is 15.5. The molecule has 0 bridgehead atoms. The fraction of sp³-hybridized carbons (Fsp3) is 0.875. The van der Waals surface area contributed by atoms with Crippen LogP contribution < -0.4 is 5.32 Å². The van der Waals surface area contributed by atoms with Crippen molar-refractivity contribution in [2.24, 2.45) is 11.3 Å². The third-order valence-corrected chi connectivity index (χ3v) is 4.81. The molecule has 114 valence electrons. The predicted molar refractivity (Wildman–Crippen MR) is 80.5 cm³/mol. The van der Waals surface area contributed by atoms with Crippen molar-refractivity contribution in [3.8, 4) is 0 Å². The molecule has 1 aliphatic rings. The second-order valence-corrected chi connectivity index (χ2v) is 7.14. The van der Waals surface area contributed by atoms with Crippen molar-refractivity contribution in [2.45, 2.75) is 71.8 Å². The van der Waals surface area contributed by atoms with Crippen LogP contribution in [0.2, 0.25) is 0 Å². The molecule has 1 aliphatic carbocycles. The van der Waals surface area contributed by atoms with E-state index in [0.29, 0.717) is 11.3 Å². The lowest BCUT2D eigenvalue weighted by Crippen LogP contribution is -2.25. The maximum Gasteiger partial charge on any atom is 0.233 e. The third kappa shape index (κ3) is 3.40. The smallest absolute Gasteiger partial charge is 0.233 e. The number of rotatable bonds is 4. The van der Waals surface area contributed by atoms with Crippen molar-refractivity contribution in [3.63, 3.8) is 0 Å². The Morgan fingerprint density at radius 3 is 2.35 bits per heavy atom. The Hall–Kier alpha value is -0.900. The molecular weight excluding hydrogens is 250 g/mol. The molecule has 4 nitrogen and oxygen atoms in total. The predicted octanol–water partition coefficient (Wildman–Crippen LogP) is 4.06. The molecule has 1 atom stereocenters. The van der Waals surface area contributed by atoms with Gasteiger partial charge in [-0.1, -0.05) is 27.7 Å². The van der Waals surface area contributed by atoms with E-state index < -0.39 is 0 Å². The molecule has 1 aromatic heterocycles. The molecule has 0 radical (unpaired) electrons. The molecular formula is C16H29N3O. The van der Waals surface area contributed by atoms with Crippen LogP contribution in [0.25, 0.3) is 0 Å². The zero-order valence-corrected chi connectivity index (χ0v) is 13.6. The zero-order valence-electron chi connectivity index (χ0n) is 13.6. The quantitative estimate of drug-likeness (QED) is 0.903. The van der Waals surface area contributed by atoms with E-state index in [9.17, 15) is 0 Å². The Balaban J connectivity index is 1.97. The first-order valence-corrected chi connectivity index (χ1v) is 7.96. The summed E-state index contributed by atoms with van der Waals surface area (Å²) < 4.78 is 5.90. The highest BCUT2D eigenvalue weighted by Crippen LogP contribution is 2.42. The first-order chi connectivity index (χ1) is 9.45. The van der Waals surface area contributed by atoms with Gasteiger partial charge in [0.15, 0.2) is 0 Å². The van der Waals surface area contributed by atoms with Crippen molar-refractivity contribution >= 4 is 0 Å². The molecule has 0 aromatic carbocycles. The lowest BCUT2D eigenvalue weighted by Gasteiger charge is -2.36. The van der Waals surface area contributed by atoms with Crippen LogP contribution in [0.4, 0.5) is 0 Å². The minimum Gasteiger partial charge on any atom is -0.423 e. The Morgan fingerprint density at radius 2 is 1.85 bits per heavy atom. The van der Waals surface area contributed by atoms with E-state index in [-0.39, 0.29) is 6.04 Å². The van der Waals surface area contributed by atoms with Gasteiger partial charge in [-0.25, -0.2) is 0 Å². The summed E-state index contributed by atoms with van der Waals surface area (Å²) in [5.74, 6) is 2.87. The molecule has 20 heavy (non-hydrogen) atoms. The van der Waals surface area contributed by atoms with Gasteiger partial charge in [0.05, 0.1) is 6.04 Å². The van der Waals surface area contributed by atoms with Gasteiger partial charge in [0.25, 0.3) is 0 Å². The third-order valence-electron chi connectivity index (χ3n) is 4.81. The SMILES string of the molecule is CCC(NC)c1nnc(C2CCC(C(C)(C)C)CC2)o1. The largest absolute Gasteiger partial charge is 0.423 e. The standard InChI is InChI=1S/C16H29N3O/c1-6-13(17-5)15-19-18-14(20-15)11-7-9-12(10-8-11)16(2,3)4/h11-13,17H,6-10H2,1-5H3. The molecule has 4 heteroatoms. The van der Waals surface area contributed by atoms with Crippen LogP contribution in [0.3, 0.4) is 0 Å². The Labute approximate surface area is 122 Å². The van der Waals surface area contributed by atoms with Crippen molar-refractivity contribution in [3.05, 3.63) is 11.8 Å². The molecule has 0 spiro atoms. The number of nitrogens with one attached hydrogen (secondary N) is 1. The monoisotopic (exact) mass is 279 g/mol. The lowest BCUT2D eigenvalue weighted by molar-refractivity contribution is 0.161. The molecule has 1 unspecified atom stereocenters. The van der Waals surface area contributed by atoms with Crippen LogP contribution >= 0.6 is 0 Å². The summed E-state index contributed by atoms with van der Waals surface area (Å²) in [6, 6.07) is 0.183. The highest BCUT2D eigenvalue weighted by atomic mass is 16.4. The van der Waals surface area contributed by atoms with E-state index in [1.165, 1.54) is 25.7 Å². The van der Waals surface area contributed by atoms with E-state index in [2.05, 4.69) is 43.2 Å². The number of aromatic nitrogens is 2. The summed E-state index contributed by atoms with van der Waals surface area (Å²) in [6.45, 7) is 9.17. The molecule has 0 saturated heterocycles. The molecule has 2 rings (SSSR count). The number of hydrogen-bond acceptors (Lipinski definition) is 4. The molecule has 0 aliphatic heterocycles. The summed E-state index contributed by atoms with van der Waals surface area (Å²) in [7, 11) is 1.94. The minimum absolute atomic E-state index is 0.183. The Bertz CT molecular complexity index is 410. The van der Waals surface area contributed by atoms with Crippen LogP contribution in [0.5, 0.6) is 0 Å². The minimum atomic E-state index is 0.183. The van der Waals surface area contributed by atoms with E-state index >= 15 is 0 Å². The summed E-state index contributed by atoms with van der Waals surface area (Å²) in [4.78, 5) is 0. The van der Waals surface area contributed by atoms with Crippen LogP contribution in [-0.2, 0) is 0 Å². The van der Waals surface area contributed by atoms with Gasteiger partial charge in [-0.15, -0.1) is 10.2 Å². The zero-order chi connectivity index (χ0) is 14.8. The molecule has 1 aromatic rings. The van der Waals surface area contributed by atoms with Crippen LogP contribution in [-0.4, -0.2) is 17.2 Å². The van der Waals surface area contributed by atoms with Gasteiger partial charge in [0, 0.05) is 5.92 Å². The van der Waals surface area contributed by atoms with Crippen LogP contribution in [0.15, 0.2) is 4.42 Å². The van der Waals surface area contributed by atoms with Crippen molar-refractivity contribution < 1.29 is 4.42 Å². The summed E-state index contributed by atoms with van der Waals surface area (Å²) >= 11 is 0. The fourth-order valence-electron chi connectivity index (χ4n) is 3.26. The summed E-state index contributed by atoms with van der Waals surface area (Å²) in [5.41, 5.74) is 0.421. The summed E-state index contributed by atoms with van der Waals surface area (Å²) in [6.07, 6.45) is 5.87. The Kier molecular flexibility index (Phi) is 4.84. The van der Waals surface area contributed by atoms with Gasteiger partial charge in [-0.05, 0) is 50.5 Å². The topological polar surface area (TPSA) is 51.0 Å². The average Bonchev–Trinajstić information content (AvgIpc) is 2.89. The van der Waals surface area contributed by atoms with Gasteiger partial charge in [-0.3, -0.25) is 0 Å². The fourth-order valence-corrected chi connectivity index (χ4v) is 3.26. The van der Waals surface area contributed by atoms with Crippen molar-refractivity contribution in [2.75, 3.05) is 7.05 Å². The van der Waals surface area contributed by atoms with Crippen LogP contribution in [0.1, 0.15) is 83.5 Å². The normalized spacial score (nSPS) is 25.6. The second kappa shape index (κ2) is 6.25. The van der Waals surface area contributed by atoms with Crippen molar-refractivity contribution in [1.82, 2.24) is 15.5 Å². The molecule has 1 saturated carbocycles. The van der Waals surface area contributed by atoms with Crippen LogP contribution in [0, 0.1) is 11.3 Å². The highest BCUT2D eigenvalue weighted by Gasteiger charge is 2.32. The van der Waals surface area contributed by atoms with Gasteiger partial charge >= 0.3 is 0 Å². The van der Waals surface area contributed by atoms with E-state index in [4.69, 9.17) is 4.42 Å². The average molecular weight is 279 g/mol. The van der Waals surface area contributed by atoms with Gasteiger partial charge < -0.3 is 9.73 Å². The molecule has 1 N–H and O–H groups in total. The Morgan fingerprint density at radius 1 is 1.20 bits per heavy atom. The summed E-state index contributed by atoms with van der Waals surface area (Å²) in [5, 5.41) is 11.7. The molecule has 0 amide bonds. The van der Waals surface area contributed by atoms with Gasteiger partial charge in [0.2, 0.25) is 11.8 Å². The van der Waals surface area contributed by atoms with E-state index in [0.717, 1.165) is 24.1 Å². The van der Waals surface area contributed by atoms with Gasteiger partial charge in [0.1, 0.15) is 0 Å².